The first-order chi connectivity index (χ1) is 9.00. The third-order valence-electron chi connectivity index (χ3n) is 3.39. The maximum Gasteiger partial charge on any atom is 0.0540 e. The molecule has 1 atom stereocenters. The zero-order chi connectivity index (χ0) is 14.0. The number of halogens is 2. The van der Waals surface area contributed by atoms with E-state index in [1.54, 1.807) is 0 Å². The van der Waals surface area contributed by atoms with Gasteiger partial charge in [0.1, 0.15) is 0 Å². The van der Waals surface area contributed by atoms with Gasteiger partial charge in [0.2, 0.25) is 0 Å². The highest BCUT2D eigenvalue weighted by Gasteiger charge is 2.13. The Balaban J connectivity index is 2.09. The van der Waals surface area contributed by atoms with Crippen LogP contribution in [-0.2, 0) is 13.6 Å². The number of aryl methyl sites for hydroxylation is 1. The van der Waals surface area contributed by atoms with Crippen LogP contribution >= 0.6 is 23.2 Å². The Labute approximate surface area is 123 Å². The molecule has 0 spiro atoms. The normalized spacial score (nSPS) is 12.7. The van der Waals surface area contributed by atoms with Gasteiger partial charge in [-0.1, -0.05) is 29.3 Å². The molecule has 0 fully saturated rings. The minimum atomic E-state index is 0.195. The standard InChI is InChI=1S/C14H17Cl2N3/c1-9(11-8-18-19(3)10(11)2)17-7-12-13(15)5-4-6-14(12)16/h4-6,8-9,17H,7H2,1-3H3. The molecule has 0 aliphatic rings. The zero-order valence-electron chi connectivity index (χ0n) is 11.2. The first kappa shape index (κ1) is 14.4. The Kier molecular flexibility index (Phi) is 4.50. The van der Waals surface area contributed by atoms with E-state index in [1.165, 1.54) is 5.56 Å². The summed E-state index contributed by atoms with van der Waals surface area (Å²) in [7, 11) is 1.94. The molecule has 1 N–H and O–H groups in total. The van der Waals surface area contributed by atoms with Crippen LogP contribution in [0, 0.1) is 6.92 Å². The summed E-state index contributed by atoms with van der Waals surface area (Å²) < 4.78 is 1.87. The average molecular weight is 298 g/mol. The van der Waals surface area contributed by atoms with Crippen molar-refractivity contribution in [2.45, 2.75) is 26.4 Å². The van der Waals surface area contributed by atoms with Gasteiger partial charge in [-0.3, -0.25) is 4.68 Å². The van der Waals surface area contributed by atoms with Gasteiger partial charge in [-0.05, 0) is 26.0 Å². The molecule has 2 aromatic rings. The van der Waals surface area contributed by atoms with Crippen molar-refractivity contribution in [2.75, 3.05) is 0 Å². The van der Waals surface area contributed by atoms with Crippen molar-refractivity contribution in [3.05, 3.63) is 51.3 Å². The van der Waals surface area contributed by atoms with Crippen LogP contribution < -0.4 is 5.32 Å². The van der Waals surface area contributed by atoms with Crippen molar-refractivity contribution in [3.8, 4) is 0 Å². The van der Waals surface area contributed by atoms with Crippen LogP contribution in [0.25, 0.3) is 0 Å². The second-order valence-corrected chi connectivity index (χ2v) is 5.43. The van der Waals surface area contributed by atoms with E-state index in [0.717, 1.165) is 11.3 Å². The van der Waals surface area contributed by atoms with E-state index in [1.807, 2.05) is 36.1 Å². The Morgan fingerprint density at radius 3 is 2.47 bits per heavy atom. The summed E-state index contributed by atoms with van der Waals surface area (Å²) in [4.78, 5) is 0. The van der Waals surface area contributed by atoms with E-state index in [0.29, 0.717) is 16.6 Å². The topological polar surface area (TPSA) is 29.9 Å². The number of nitrogens with one attached hydrogen (secondary N) is 1. The van der Waals surface area contributed by atoms with Gasteiger partial charge in [0.05, 0.1) is 6.20 Å². The fourth-order valence-electron chi connectivity index (χ4n) is 2.01. The quantitative estimate of drug-likeness (QED) is 0.928. The van der Waals surface area contributed by atoms with Crippen molar-refractivity contribution < 1.29 is 0 Å². The third-order valence-corrected chi connectivity index (χ3v) is 4.09. The van der Waals surface area contributed by atoms with Crippen LogP contribution in [0.4, 0.5) is 0 Å². The second kappa shape index (κ2) is 5.95. The van der Waals surface area contributed by atoms with E-state index < -0.39 is 0 Å². The van der Waals surface area contributed by atoms with Crippen LogP contribution in [0.5, 0.6) is 0 Å². The highest BCUT2D eigenvalue weighted by Crippen LogP contribution is 2.25. The maximum absolute atomic E-state index is 6.15. The van der Waals surface area contributed by atoms with E-state index in [4.69, 9.17) is 23.2 Å². The van der Waals surface area contributed by atoms with E-state index in [2.05, 4.69) is 24.3 Å². The minimum Gasteiger partial charge on any atom is -0.306 e. The number of rotatable bonds is 4. The monoisotopic (exact) mass is 297 g/mol. The highest BCUT2D eigenvalue weighted by atomic mass is 35.5. The molecule has 1 heterocycles. The molecule has 0 aliphatic heterocycles. The molecular formula is C14H17Cl2N3. The average Bonchev–Trinajstić information content (AvgIpc) is 2.69. The molecule has 1 unspecified atom stereocenters. The molecular weight excluding hydrogens is 281 g/mol. The van der Waals surface area contributed by atoms with Gasteiger partial charge in [-0.25, -0.2) is 0 Å². The molecule has 5 heteroatoms. The minimum absolute atomic E-state index is 0.195. The van der Waals surface area contributed by atoms with Crippen LogP contribution in [0.2, 0.25) is 10.0 Å². The van der Waals surface area contributed by atoms with Gasteiger partial charge < -0.3 is 5.32 Å². The second-order valence-electron chi connectivity index (χ2n) is 4.61. The Morgan fingerprint density at radius 2 is 1.95 bits per heavy atom. The fraction of sp³-hybridized carbons (Fsp3) is 0.357. The first-order valence-electron chi connectivity index (χ1n) is 6.15. The summed E-state index contributed by atoms with van der Waals surface area (Å²) in [5, 5.41) is 9.06. The summed E-state index contributed by atoms with van der Waals surface area (Å²) >= 11 is 12.3. The van der Waals surface area contributed by atoms with E-state index in [9.17, 15) is 0 Å². The molecule has 1 aromatic carbocycles. The summed E-state index contributed by atoms with van der Waals surface area (Å²) in [5.41, 5.74) is 3.27. The number of benzene rings is 1. The van der Waals surface area contributed by atoms with Gasteiger partial charge in [-0.2, -0.15) is 5.10 Å². The molecule has 2 rings (SSSR count). The molecule has 0 saturated heterocycles. The van der Waals surface area contributed by atoms with Crippen molar-refractivity contribution in [1.82, 2.24) is 15.1 Å². The molecule has 0 amide bonds. The largest absolute Gasteiger partial charge is 0.306 e. The van der Waals surface area contributed by atoms with E-state index >= 15 is 0 Å². The summed E-state index contributed by atoms with van der Waals surface area (Å²) in [6.45, 7) is 4.80. The third kappa shape index (κ3) is 3.11. The van der Waals surface area contributed by atoms with Gasteiger partial charge >= 0.3 is 0 Å². The predicted molar refractivity (Wildman–Crippen MR) is 79.7 cm³/mol. The molecule has 0 aliphatic carbocycles. The van der Waals surface area contributed by atoms with Gasteiger partial charge in [0.25, 0.3) is 0 Å². The fourth-order valence-corrected chi connectivity index (χ4v) is 2.54. The van der Waals surface area contributed by atoms with Gasteiger partial charge in [0.15, 0.2) is 0 Å². The first-order valence-corrected chi connectivity index (χ1v) is 6.91. The number of hydrogen-bond donors (Lipinski definition) is 1. The maximum atomic E-state index is 6.15. The van der Waals surface area contributed by atoms with Gasteiger partial charge in [-0.15, -0.1) is 0 Å². The lowest BCUT2D eigenvalue weighted by Gasteiger charge is -2.15. The molecule has 0 radical (unpaired) electrons. The highest BCUT2D eigenvalue weighted by molar-refractivity contribution is 6.35. The Bertz CT molecular complexity index is 558. The number of hydrogen-bond acceptors (Lipinski definition) is 2. The molecule has 19 heavy (non-hydrogen) atoms. The smallest absolute Gasteiger partial charge is 0.0540 e. The van der Waals surface area contributed by atoms with Crippen molar-refractivity contribution in [3.63, 3.8) is 0 Å². The summed E-state index contributed by atoms with van der Waals surface area (Å²) in [5.74, 6) is 0. The van der Waals surface area contributed by atoms with Crippen LogP contribution in [0.15, 0.2) is 24.4 Å². The lowest BCUT2D eigenvalue weighted by atomic mass is 10.1. The van der Waals surface area contributed by atoms with Crippen LogP contribution in [0.1, 0.15) is 29.8 Å². The lowest BCUT2D eigenvalue weighted by molar-refractivity contribution is 0.570. The van der Waals surface area contributed by atoms with Gasteiger partial charge in [0, 0.05) is 46.5 Å². The van der Waals surface area contributed by atoms with E-state index in [-0.39, 0.29) is 6.04 Å². The van der Waals surface area contributed by atoms with Crippen LogP contribution in [-0.4, -0.2) is 9.78 Å². The zero-order valence-corrected chi connectivity index (χ0v) is 12.8. The van der Waals surface area contributed by atoms with Crippen molar-refractivity contribution in [2.24, 2.45) is 7.05 Å². The molecule has 0 bridgehead atoms. The van der Waals surface area contributed by atoms with Crippen LogP contribution in [0.3, 0.4) is 0 Å². The van der Waals surface area contributed by atoms with Crippen molar-refractivity contribution in [1.29, 1.82) is 0 Å². The van der Waals surface area contributed by atoms with Crippen molar-refractivity contribution >= 4 is 23.2 Å². The molecule has 1 aromatic heterocycles. The molecule has 102 valence electrons. The summed E-state index contributed by atoms with van der Waals surface area (Å²) in [6.07, 6.45) is 1.89. The molecule has 0 saturated carbocycles. The number of nitrogens with zero attached hydrogens (tertiary/aromatic N) is 2. The predicted octanol–water partition coefficient (Wildman–Crippen LogP) is 3.89. The molecule has 3 nitrogen and oxygen atoms in total. The Hall–Kier alpha value is -1.03. The number of aromatic nitrogens is 2. The summed E-state index contributed by atoms with van der Waals surface area (Å²) in [6, 6.07) is 5.75. The Morgan fingerprint density at radius 1 is 1.32 bits per heavy atom. The SMILES string of the molecule is Cc1c(C(C)NCc2c(Cl)cccc2Cl)cnn1C. The lowest BCUT2D eigenvalue weighted by Crippen LogP contribution is -2.19.